The lowest BCUT2D eigenvalue weighted by atomic mass is 9.92. The monoisotopic (exact) mass is 627 g/mol. The number of imidazole rings is 1. The fraction of sp³-hybridized carbons (Fsp3) is 0.571. The van der Waals surface area contributed by atoms with E-state index in [4.69, 9.17) is 30.0 Å². The Balaban J connectivity index is 1.17. The number of aromatic nitrogens is 9. The number of hydrogen-bond acceptors (Lipinski definition) is 14. The van der Waals surface area contributed by atoms with Crippen LogP contribution in [0, 0.1) is 5.92 Å². The van der Waals surface area contributed by atoms with E-state index in [1.54, 1.807) is 0 Å². The van der Waals surface area contributed by atoms with Crippen molar-refractivity contribution < 1.29 is 31.9 Å². The van der Waals surface area contributed by atoms with Gasteiger partial charge in [0, 0.05) is 5.92 Å². The topological polar surface area (TPSA) is 226 Å². The maximum absolute atomic E-state index is 15.9. The lowest BCUT2D eigenvalue weighted by molar-refractivity contribution is -0.0464. The first kappa shape index (κ1) is 27.5. The molecule has 0 radical (unpaired) electrons. The molecule has 0 amide bonds. The molecule has 7 rings (SSSR count). The maximum Gasteiger partial charge on any atom is 0.386 e. The van der Waals surface area contributed by atoms with Crippen molar-refractivity contribution in [2.75, 3.05) is 18.1 Å². The number of fused-ring (bicyclic) bond motifs is 5. The lowest BCUT2D eigenvalue weighted by Crippen LogP contribution is -2.32. The molecule has 0 saturated carbocycles. The van der Waals surface area contributed by atoms with Crippen LogP contribution < -0.4 is 17.0 Å². The minimum Gasteiger partial charge on any atom is -0.382 e. The first-order valence-electron chi connectivity index (χ1n) is 12.9. The molecule has 9 atom stereocenters. The molecule has 0 aromatic carbocycles. The van der Waals surface area contributed by atoms with E-state index >= 15 is 8.78 Å². The average Bonchev–Trinajstić information content (AvgIpc) is 3.69. The molecule has 0 aliphatic carbocycles. The Labute approximate surface area is 239 Å². The molecule has 4 aromatic rings. The molecule has 224 valence electrons. The minimum absolute atomic E-state index is 0.0174. The quantitative estimate of drug-likeness (QED) is 0.181. The number of ether oxygens (including phenoxy) is 2. The van der Waals surface area contributed by atoms with E-state index in [2.05, 4.69) is 47.5 Å². The Morgan fingerprint density at radius 3 is 2.69 bits per heavy atom. The summed E-state index contributed by atoms with van der Waals surface area (Å²) in [5, 5.41) is 7.90. The average molecular weight is 628 g/mol. The standard InChI is InChI=1S/C21H24F2N11O6PS/c22-10-7-2-1-3-8-11(23)14(20(38-8)33-6-28-13-17(33)29-21(25)30-18(13)35)40-41(36,42)37-4-9(7)39-19(10)34-16-12(31-32-34)15(24)26-5-27-16/h5-11,14,19-20H,1-4H2,(H,36,42)(H2,24,26,27)(H3,25,29,30,35)/t7-,8?,9-,10+,11+,14-,19-,20-,41?/m1/s1. The van der Waals surface area contributed by atoms with Gasteiger partial charge in [0.05, 0.1) is 25.1 Å². The molecule has 0 spiro atoms. The zero-order valence-electron chi connectivity index (χ0n) is 21.4. The predicted octanol–water partition coefficient (Wildman–Crippen LogP) is 1.23. The summed E-state index contributed by atoms with van der Waals surface area (Å²) in [5.41, 5.74) is 11.2. The number of aromatic amines is 1. The zero-order valence-corrected chi connectivity index (χ0v) is 23.2. The van der Waals surface area contributed by atoms with E-state index in [1.165, 1.54) is 21.9 Å². The molecule has 2 unspecified atom stereocenters. The Bertz CT molecular complexity index is 1770. The van der Waals surface area contributed by atoms with Crippen LogP contribution in [0.25, 0.3) is 22.3 Å². The third kappa shape index (κ3) is 4.53. The number of thiol groups is 1. The van der Waals surface area contributed by atoms with Gasteiger partial charge in [-0.25, -0.2) is 28.3 Å². The van der Waals surface area contributed by atoms with Gasteiger partial charge in [-0.05, 0) is 12.8 Å². The highest BCUT2D eigenvalue weighted by atomic mass is 32.7. The van der Waals surface area contributed by atoms with Gasteiger partial charge >= 0.3 is 6.80 Å². The van der Waals surface area contributed by atoms with Gasteiger partial charge in [-0.1, -0.05) is 23.9 Å². The van der Waals surface area contributed by atoms with Gasteiger partial charge in [-0.2, -0.15) is 9.67 Å². The summed E-state index contributed by atoms with van der Waals surface area (Å²) < 4.78 is 70.6. The van der Waals surface area contributed by atoms with Gasteiger partial charge in [0.25, 0.3) is 5.56 Å². The van der Waals surface area contributed by atoms with E-state index in [1.807, 2.05) is 0 Å². The molecular weight excluding hydrogens is 603 g/mol. The predicted molar refractivity (Wildman–Crippen MR) is 142 cm³/mol. The van der Waals surface area contributed by atoms with Crippen molar-refractivity contribution in [2.24, 2.45) is 5.92 Å². The fourth-order valence-electron chi connectivity index (χ4n) is 5.72. The molecule has 3 saturated heterocycles. The summed E-state index contributed by atoms with van der Waals surface area (Å²) >= 11 is 4.06. The molecule has 3 aliphatic rings. The van der Waals surface area contributed by atoms with Crippen LogP contribution in [0.2, 0.25) is 0 Å². The lowest BCUT2D eigenvalue weighted by Gasteiger charge is -2.26. The third-order valence-corrected chi connectivity index (χ3v) is 9.29. The van der Waals surface area contributed by atoms with Crippen molar-refractivity contribution in [1.29, 1.82) is 0 Å². The number of nitrogen functional groups attached to an aromatic ring is 2. The largest absolute Gasteiger partial charge is 0.386 e. The molecule has 3 aliphatic heterocycles. The molecule has 4 aromatic heterocycles. The van der Waals surface area contributed by atoms with E-state index in [0.29, 0.717) is 6.42 Å². The number of nitrogens with one attached hydrogen (secondary N) is 1. The number of anilines is 2. The van der Waals surface area contributed by atoms with Crippen LogP contribution in [0.3, 0.4) is 0 Å². The van der Waals surface area contributed by atoms with Crippen LogP contribution in [-0.2, 0) is 23.1 Å². The van der Waals surface area contributed by atoms with Gasteiger partial charge in [-0.3, -0.25) is 23.4 Å². The highest BCUT2D eigenvalue weighted by Crippen LogP contribution is 2.58. The molecule has 21 heteroatoms. The highest BCUT2D eigenvalue weighted by molar-refractivity contribution is 8.44. The van der Waals surface area contributed by atoms with Crippen LogP contribution in [0.15, 0.2) is 17.4 Å². The maximum atomic E-state index is 15.9. The number of hydrogen-bond donors (Lipinski definition) is 4. The van der Waals surface area contributed by atoms with Crippen LogP contribution in [-0.4, -0.2) is 81.7 Å². The molecular formula is C21H24F2N11O6PS. The SMILES string of the molecule is Nc1nc2c(ncn2[C@@H]2OC3CCC[C@H]4[C@H](F)[C@H](n5nnc6c(N)ncnc65)O[C@@H]4COP(=O)(S)O[C@@H]2[C@H]3F)c(=O)[nH]1. The first-order valence-corrected chi connectivity index (χ1v) is 15.6. The van der Waals surface area contributed by atoms with Crippen molar-refractivity contribution in [3.8, 4) is 0 Å². The molecule has 2 bridgehead atoms. The first-order chi connectivity index (χ1) is 20.1. The summed E-state index contributed by atoms with van der Waals surface area (Å²) in [6.45, 7) is -4.66. The van der Waals surface area contributed by atoms with Gasteiger partial charge in [-0.15, -0.1) is 5.10 Å². The van der Waals surface area contributed by atoms with E-state index in [0.717, 1.165) is 0 Å². The Hall–Kier alpha value is -3.29. The van der Waals surface area contributed by atoms with Crippen LogP contribution in [0.4, 0.5) is 20.5 Å². The van der Waals surface area contributed by atoms with E-state index < -0.39 is 61.4 Å². The smallest absolute Gasteiger partial charge is 0.382 e. The number of nitrogens with two attached hydrogens (primary N) is 2. The summed E-state index contributed by atoms with van der Waals surface area (Å²) in [4.78, 5) is 30.7. The van der Waals surface area contributed by atoms with Gasteiger partial charge in [0.1, 0.15) is 12.4 Å². The summed E-state index contributed by atoms with van der Waals surface area (Å²) in [6.07, 6.45) is -6.12. The summed E-state index contributed by atoms with van der Waals surface area (Å²) in [7, 11) is 0. The zero-order chi connectivity index (χ0) is 29.3. The molecule has 3 fully saturated rings. The van der Waals surface area contributed by atoms with Crippen molar-refractivity contribution in [3.05, 3.63) is 23.0 Å². The number of H-pyrrole nitrogens is 1. The normalized spacial score (nSPS) is 35.7. The van der Waals surface area contributed by atoms with Gasteiger partial charge < -0.3 is 20.9 Å². The number of halogens is 2. The second kappa shape index (κ2) is 10.2. The second-order valence-electron chi connectivity index (χ2n) is 10.2. The Morgan fingerprint density at radius 2 is 1.86 bits per heavy atom. The van der Waals surface area contributed by atoms with Crippen molar-refractivity contribution in [3.63, 3.8) is 0 Å². The second-order valence-corrected chi connectivity index (χ2v) is 13.1. The number of rotatable bonds is 2. The molecule has 42 heavy (non-hydrogen) atoms. The molecule has 5 N–H and O–H groups in total. The summed E-state index contributed by atoms with van der Waals surface area (Å²) in [6, 6.07) is 0. The summed E-state index contributed by atoms with van der Waals surface area (Å²) in [5.74, 6) is -0.872. The van der Waals surface area contributed by atoms with Crippen LogP contribution in [0.1, 0.15) is 31.7 Å². The minimum atomic E-state index is -4.28. The van der Waals surface area contributed by atoms with Gasteiger partial charge in [0.15, 0.2) is 52.9 Å². The van der Waals surface area contributed by atoms with E-state index in [-0.39, 0.29) is 53.5 Å². The number of alkyl halides is 2. The van der Waals surface area contributed by atoms with Gasteiger partial charge in [0.2, 0.25) is 5.95 Å². The van der Waals surface area contributed by atoms with Crippen molar-refractivity contribution in [1.82, 2.24) is 44.5 Å². The number of nitrogens with zero attached hydrogens (tertiary/aromatic N) is 8. The van der Waals surface area contributed by atoms with Crippen molar-refractivity contribution in [2.45, 2.75) is 62.4 Å². The Kier molecular flexibility index (Phi) is 6.66. The molecule has 17 nitrogen and oxygen atoms in total. The van der Waals surface area contributed by atoms with E-state index in [9.17, 15) is 9.36 Å². The van der Waals surface area contributed by atoms with Crippen LogP contribution >= 0.6 is 19.0 Å². The molecule has 7 heterocycles. The fourth-order valence-corrected chi connectivity index (χ4v) is 7.17. The Morgan fingerprint density at radius 1 is 1.05 bits per heavy atom. The highest BCUT2D eigenvalue weighted by Gasteiger charge is 2.52. The van der Waals surface area contributed by atoms with Crippen LogP contribution in [0.5, 0.6) is 0 Å². The third-order valence-electron chi connectivity index (χ3n) is 7.68. The van der Waals surface area contributed by atoms with Crippen molar-refractivity contribution >= 4 is 53.1 Å².